The van der Waals surface area contributed by atoms with Gasteiger partial charge in [-0.2, -0.15) is 0 Å². The highest BCUT2D eigenvalue weighted by molar-refractivity contribution is 6.31. The van der Waals surface area contributed by atoms with Gasteiger partial charge in [0.1, 0.15) is 5.82 Å². The SMILES string of the molecule is Cc1ccc2[nH]c(-c3cnc4ccc(Cl)cc4c3N)nc2c1. The summed E-state index contributed by atoms with van der Waals surface area (Å²) >= 11 is 6.06. The van der Waals surface area contributed by atoms with Crippen LogP contribution in [0.25, 0.3) is 33.3 Å². The molecule has 0 aliphatic rings. The van der Waals surface area contributed by atoms with Crippen LogP contribution in [0.1, 0.15) is 5.56 Å². The van der Waals surface area contributed by atoms with E-state index in [1.165, 1.54) is 5.56 Å². The maximum Gasteiger partial charge on any atom is 0.142 e. The van der Waals surface area contributed by atoms with Crippen LogP contribution in [0.4, 0.5) is 5.69 Å². The van der Waals surface area contributed by atoms with Crippen LogP contribution >= 0.6 is 11.6 Å². The van der Waals surface area contributed by atoms with Gasteiger partial charge in [0.05, 0.1) is 27.8 Å². The number of aryl methyl sites for hydroxylation is 1. The van der Waals surface area contributed by atoms with E-state index in [4.69, 9.17) is 17.3 Å². The number of imidazole rings is 1. The molecule has 0 saturated carbocycles. The van der Waals surface area contributed by atoms with Gasteiger partial charge < -0.3 is 10.7 Å². The fourth-order valence-electron chi connectivity index (χ4n) is 2.62. The molecule has 0 spiro atoms. The molecule has 2 aromatic heterocycles. The molecule has 22 heavy (non-hydrogen) atoms. The Morgan fingerprint density at radius 3 is 2.82 bits per heavy atom. The number of nitrogen functional groups attached to an aromatic ring is 1. The first-order chi connectivity index (χ1) is 10.6. The van der Waals surface area contributed by atoms with E-state index < -0.39 is 0 Å². The number of hydrogen-bond donors (Lipinski definition) is 2. The molecule has 0 bridgehead atoms. The van der Waals surface area contributed by atoms with Crippen molar-refractivity contribution < 1.29 is 0 Å². The van der Waals surface area contributed by atoms with E-state index in [0.717, 1.165) is 27.5 Å². The third-order valence-electron chi connectivity index (χ3n) is 3.77. The molecule has 2 heterocycles. The molecule has 4 nitrogen and oxygen atoms in total. The molecule has 5 heteroatoms. The van der Waals surface area contributed by atoms with Crippen molar-refractivity contribution in [2.24, 2.45) is 0 Å². The Labute approximate surface area is 132 Å². The average molecular weight is 309 g/mol. The number of anilines is 1. The molecular weight excluding hydrogens is 296 g/mol. The third-order valence-corrected chi connectivity index (χ3v) is 4.00. The standard InChI is InChI=1S/C17H13ClN4/c1-9-2-4-14-15(6-9)22-17(21-14)12-8-20-13-5-3-10(18)7-11(13)16(12)19/h2-8H,1H3,(H2,19,20)(H,21,22). The largest absolute Gasteiger partial charge is 0.398 e. The molecule has 108 valence electrons. The summed E-state index contributed by atoms with van der Waals surface area (Å²) < 4.78 is 0. The molecule has 3 N–H and O–H groups in total. The van der Waals surface area contributed by atoms with Crippen molar-refractivity contribution >= 4 is 39.2 Å². The van der Waals surface area contributed by atoms with Crippen molar-refractivity contribution in [1.82, 2.24) is 15.0 Å². The van der Waals surface area contributed by atoms with E-state index in [2.05, 4.69) is 15.0 Å². The van der Waals surface area contributed by atoms with Crippen LogP contribution in [0.2, 0.25) is 5.02 Å². The molecule has 0 unspecified atom stereocenters. The quantitative estimate of drug-likeness (QED) is 0.550. The zero-order valence-electron chi connectivity index (χ0n) is 11.9. The summed E-state index contributed by atoms with van der Waals surface area (Å²) in [7, 11) is 0. The number of nitrogens with two attached hydrogens (primary N) is 1. The fourth-order valence-corrected chi connectivity index (χ4v) is 2.79. The summed E-state index contributed by atoms with van der Waals surface area (Å²) in [6.45, 7) is 2.04. The Morgan fingerprint density at radius 2 is 1.95 bits per heavy atom. The first-order valence-corrected chi connectivity index (χ1v) is 7.30. The number of aromatic amines is 1. The summed E-state index contributed by atoms with van der Waals surface area (Å²) in [6, 6.07) is 11.6. The lowest BCUT2D eigenvalue weighted by molar-refractivity contribution is 1.31. The first-order valence-electron chi connectivity index (χ1n) is 6.92. The summed E-state index contributed by atoms with van der Waals surface area (Å²) in [5, 5.41) is 1.47. The van der Waals surface area contributed by atoms with Crippen molar-refractivity contribution in [2.45, 2.75) is 6.92 Å². The minimum Gasteiger partial charge on any atom is -0.398 e. The third kappa shape index (κ3) is 2.00. The van der Waals surface area contributed by atoms with Crippen molar-refractivity contribution in [3.8, 4) is 11.4 Å². The van der Waals surface area contributed by atoms with Gasteiger partial charge in [-0.25, -0.2) is 4.98 Å². The van der Waals surface area contributed by atoms with Gasteiger partial charge in [-0.3, -0.25) is 4.98 Å². The Kier molecular flexibility index (Phi) is 2.81. The summed E-state index contributed by atoms with van der Waals surface area (Å²) in [5.41, 5.74) is 11.6. The number of nitrogens with zero attached hydrogens (tertiary/aromatic N) is 2. The number of fused-ring (bicyclic) bond motifs is 2. The van der Waals surface area contributed by atoms with Gasteiger partial charge in [-0.05, 0) is 42.8 Å². The predicted molar refractivity (Wildman–Crippen MR) is 91.0 cm³/mol. The van der Waals surface area contributed by atoms with Crippen LogP contribution in [0, 0.1) is 6.92 Å². The molecule has 2 aromatic carbocycles. The molecule has 0 radical (unpaired) electrons. The lowest BCUT2D eigenvalue weighted by Gasteiger charge is -2.06. The van der Waals surface area contributed by atoms with Crippen LogP contribution in [-0.4, -0.2) is 15.0 Å². The molecule has 4 rings (SSSR count). The fraction of sp³-hybridized carbons (Fsp3) is 0.0588. The zero-order valence-corrected chi connectivity index (χ0v) is 12.6. The molecule has 0 fully saturated rings. The van der Waals surface area contributed by atoms with Gasteiger partial charge in [-0.1, -0.05) is 17.7 Å². The van der Waals surface area contributed by atoms with Crippen molar-refractivity contribution in [3.05, 3.63) is 53.2 Å². The van der Waals surface area contributed by atoms with E-state index in [1.54, 1.807) is 12.3 Å². The Balaban J connectivity index is 1.97. The van der Waals surface area contributed by atoms with Crippen molar-refractivity contribution in [1.29, 1.82) is 0 Å². The van der Waals surface area contributed by atoms with E-state index in [1.807, 2.05) is 37.3 Å². The second kappa shape index (κ2) is 4.71. The van der Waals surface area contributed by atoms with Crippen LogP contribution in [-0.2, 0) is 0 Å². The lowest BCUT2D eigenvalue weighted by atomic mass is 10.1. The molecule has 0 atom stereocenters. The highest BCUT2D eigenvalue weighted by atomic mass is 35.5. The number of halogens is 1. The van der Waals surface area contributed by atoms with Crippen LogP contribution < -0.4 is 5.73 Å². The Bertz CT molecular complexity index is 1020. The van der Waals surface area contributed by atoms with Crippen molar-refractivity contribution in [2.75, 3.05) is 5.73 Å². The minimum atomic E-state index is 0.628. The normalized spacial score (nSPS) is 11.4. The maximum absolute atomic E-state index is 6.31. The van der Waals surface area contributed by atoms with Gasteiger partial charge in [-0.15, -0.1) is 0 Å². The number of nitrogens with one attached hydrogen (secondary N) is 1. The maximum atomic E-state index is 6.31. The number of benzene rings is 2. The molecule has 0 aliphatic carbocycles. The van der Waals surface area contributed by atoms with E-state index >= 15 is 0 Å². The number of pyridine rings is 1. The van der Waals surface area contributed by atoms with Gasteiger partial charge in [0.25, 0.3) is 0 Å². The number of hydrogen-bond acceptors (Lipinski definition) is 3. The average Bonchev–Trinajstić information content (AvgIpc) is 2.91. The molecule has 0 saturated heterocycles. The van der Waals surface area contributed by atoms with Crippen molar-refractivity contribution in [3.63, 3.8) is 0 Å². The van der Waals surface area contributed by atoms with Gasteiger partial charge in [0.15, 0.2) is 0 Å². The van der Waals surface area contributed by atoms with Crippen LogP contribution in [0.15, 0.2) is 42.6 Å². The Morgan fingerprint density at radius 1 is 1.09 bits per heavy atom. The molecule has 4 aromatic rings. The van der Waals surface area contributed by atoms with E-state index in [9.17, 15) is 0 Å². The summed E-state index contributed by atoms with van der Waals surface area (Å²) in [4.78, 5) is 12.4. The molecule has 0 amide bonds. The number of aromatic nitrogens is 3. The summed E-state index contributed by atoms with van der Waals surface area (Å²) in [5.74, 6) is 0.715. The monoisotopic (exact) mass is 308 g/mol. The second-order valence-corrected chi connectivity index (χ2v) is 5.79. The number of rotatable bonds is 1. The topological polar surface area (TPSA) is 67.6 Å². The van der Waals surface area contributed by atoms with E-state index in [-0.39, 0.29) is 0 Å². The minimum absolute atomic E-state index is 0.628. The van der Waals surface area contributed by atoms with Crippen LogP contribution in [0.3, 0.4) is 0 Å². The first kappa shape index (κ1) is 13.1. The molecular formula is C17H13ClN4. The Hall–Kier alpha value is -2.59. The van der Waals surface area contributed by atoms with Gasteiger partial charge in [0, 0.05) is 16.6 Å². The van der Waals surface area contributed by atoms with E-state index in [0.29, 0.717) is 16.5 Å². The van der Waals surface area contributed by atoms with Gasteiger partial charge >= 0.3 is 0 Å². The molecule has 0 aliphatic heterocycles. The smallest absolute Gasteiger partial charge is 0.142 e. The zero-order chi connectivity index (χ0) is 15.3. The highest BCUT2D eigenvalue weighted by Crippen LogP contribution is 2.32. The lowest BCUT2D eigenvalue weighted by Crippen LogP contribution is -1.95. The van der Waals surface area contributed by atoms with Gasteiger partial charge in [0.2, 0.25) is 0 Å². The predicted octanol–water partition coefficient (Wildman–Crippen LogP) is 4.32. The highest BCUT2D eigenvalue weighted by Gasteiger charge is 2.12. The number of H-pyrrole nitrogens is 1. The summed E-state index contributed by atoms with van der Waals surface area (Å²) in [6.07, 6.45) is 1.75. The second-order valence-electron chi connectivity index (χ2n) is 5.35. The van der Waals surface area contributed by atoms with Crippen LogP contribution in [0.5, 0.6) is 0 Å².